The molecule has 1 N–H and O–H groups in total. The van der Waals surface area contributed by atoms with Crippen LogP contribution in [0.2, 0.25) is 0 Å². The summed E-state index contributed by atoms with van der Waals surface area (Å²) in [6.07, 6.45) is 10.6. The Morgan fingerprint density at radius 2 is 1.67 bits per heavy atom. The van der Waals surface area contributed by atoms with Gasteiger partial charge in [-0.05, 0) is 89.0 Å². The summed E-state index contributed by atoms with van der Waals surface area (Å²) in [5.41, 5.74) is 1.66. The maximum atomic E-state index is 13.0. The molecule has 0 aromatic carbocycles. The maximum absolute atomic E-state index is 13.0. The highest BCUT2D eigenvalue weighted by Gasteiger charge is 2.41. The third-order valence-corrected chi connectivity index (χ3v) is 9.67. The number of nitrogens with zero attached hydrogens (tertiary/aromatic N) is 1. The van der Waals surface area contributed by atoms with Crippen molar-refractivity contribution >= 4 is 10.0 Å². The third-order valence-electron chi connectivity index (χ3n) is 7.69. The van der Waals surface area contributed by atoms with Crippen molar-refractivity contribution in [1.82, 2.24) is 9.29 Å². The minimum absolute atomic E-state index is 0.0196. The van der Waals surface area contributed by atoms with Crippen LogP contribution in [0.4, 0.5) is 0 Å². The lowest BCUT2D eigenvalue weighted by molar-refractivity contribution is -0.00839. The van der Waals surface area contributed by atoms with Crippen LogP contribution in [0.25, 0.3) is 0 Å². The molecule has 0 spiro atoms. The van der Waals surface area contributed by atoms with Crippen LogP contribution in [0.15, 0.2) is 16.9 Å². The molecule has 7 heteroatoms. The average molecular weight is 435 g/mol. The fraction of sp³-hybridized carbons (Fsp3) is 0.783. The Morgan fingerprint density at radius 3 is 2.30 bits per heavy atom. The number of hydrogen-bond donors (Lipinski definition) is 1. The molecule has 166 valence electrons. The number of nitrogens with one attached hydrogen (secondary N) is 1. The normalized spacial score (nSPS) is 32.0. The van der Waals surface area contributed by atoms with E-state index in [4.69, 9.17) is 4.74 Å². The standard InChI is InChI=1S/C23H34N2O4S/c1-15-2-7-18-8-13-21(24-30(27,28)20-11-12-20)22(25(18)23(15)26)14-29-19-9-5-17(6-10-19)16-3-4-16/h2,7,16-17,19-22,24H,3-6,8-14H2,1H3/t17?,19?,21-,22-/m0/s1. The first-order chi connectivity index (χ1) is 14.4. The second kappa shape index (κ2) is 8.06. The smallest absolute Gasteiger partial charge is 0.254 e. The lowest BCUT2D eigenvalue weighted by atomic mass is 9.84. The van der Waals surface area contributed by atoms with Crippen LogP contribution in [0.5, 0.6) is 0 Å². The number of rotatable bonds is 7. The molecule has 3 saturated carbocycles. The molecule has 30 heavy (non-hydrogen) atoms. The number of aromatic nitrogens is 1. The Hall–Kier alpha value is -1.18. The van der Waals surface area contributed by atoms with E-state index in [2.05, 4.69) is 4.72 Å². The van der Waals surface area contributed by atoms with E-state index in [0.717, 1.165) is 43.2 Å². The highest BCUT2D eigenvalue weighted by molar-refractivity contribution is 7.90. The van der Waals surface area contributed by atoms with Gasteiger partial charge in [0.15, 0.2) is 0 Å². The molecule has 1 aromatic heterocycles. The molecule has 0 radical (unpaired) electrons. The molecular weight excluding hydrogens is 400 g/mol. The van der Waals surface area contributed by atoms with Gasteiger partial charge in [0.2, 0.25) is 10.0 Å². The molecule has 1 aliphatic heterocycles. The van der Waals surface area contributed by atoms with Gasteiger partial charge in [0, 0.05) is 17.3 Å². The summed E-state index contributed by atoms with van der Waals surface area (Å²) in [6.45, 7) is 2.22. The Labute approximate surface area is 179 Å². The first kappa shape index (κ1) is 20.7. The van der Waals surface area contributed by atoms with Crippen molar-refractivity contribution in [2.75, 3.05) is 6.61 Å². The Balaban J connectivity index is 1.33. The van der Waals surface area contributed by atoms with Crippen LogP contribution >= 0.6 is 0 Å². The second-order valence-electron chi connectivity index (χ2n) is 9.97. The molecule has 0 amide bonds. The number of pyridine rings is 1. The Kier molecular flexibility index (Phi) is 5.57. The quantitative estimate of drug-likeness (QED) is 0.715. The SMILES string of the molecule is Cc1ccc2n(c1=O)[C@@H](COC1CCC(C3CC3)CC1)[C@@H](NS(=O)(=O)C1CC1)CC2. The predicted octanol–water partition coefficient (Wildman–Crippen LogP) is 3.08. The van der Waals surface area contributed by atoms with Gasteiger partial charge in [-0.25, -0.2) is 13.1 Å². The van der Waals surface area contributed by atoms with Gasteiger partial charge in [-0.2, -0.15) is 0 Å². The number of fused-ring (bicyclic) bond motifs is 1. The van der Waals surface area contributed by atoms with Gasteiger partial charge in [0.1, 0.15) is 0 Å². The van der Waals surface area contributed by atoms with Gasteiger partial charge in [0.25, 0.3) is 5.56 Å². The van der Waals surface area contributed by atoms with E-state index in [1.807, 2.05) is 23.6 Å². The molecular formula is C23H34N2O4S. The zero-order chi connectivity index (χ0) is 20.9. The van der Waals surface area contributed by atoms with Crippen molar-refractivity contribution in [1.29, 1.82) is 0 Å². The lowest BCUT2D eigenvalue weighted by Crippen LogP contribution is -2.50. The van der Waals surface area contributed by atoms with Gasteiger partial charge >= 0.3 is 0 Å². The zero-order valence-corrected chi connectivity index (χ0v) is 18.7. The minimum Gasteiger partial charge on any atom is -0.376 e. The monoisotopic (exact) mass is 434 g/mol. The van der Waals surface area contributed by atoms with Gasteiger partial charge < -0.3 is 9.30 Å². The largest absolute Gasteiger partial charge is 0.376 e. The van der Waals surface area contributed by atoms with E-state index >= 15 is 0 Å². The molecule has 5 rings (SSSR count). The number of hydrogen-bond acceptors (Lipinski definition) is 4. The van der Waals surface area contributed by atoms with Crippen LogP contribution in [-0.4, -0.2) is 37.0 Å². The minimum atomic E-state index is -3.32. The fourth-order valence-corrected chi connectivity index (χ4v) is 7.13. The van der Waals surface area contributed by atoms with Gasteiger partial charge in [-0.3, -0.25) is 4.79 Å². The van der Waals surface area contributed by atoms with E-state index < -0.39 is 10.0 Å². The highest BCUT2D eigenvalue weighted by Crippen LogP contribution is 2.44. The summed E-state index contributed by atoms with van der Waals surface area (Å²) >= 11 is 0. The molecule has 0 saturated heterocycles. The van der Waals surface area contributed by atoms with Crippen molar-refractivity contribution in [3.05, 3.63) is 33.7 Å². The van der Waals surface area contributed by atoms with Gasteiger partial charge in [0.05, 0.1) is 24.0 Å². The van der Waals surface area contributed by atoms with Crippen LogP contribution in [0.1, 0.15) is 75.1 Å². The molecule has 3 aliphatic carbocycles. The van der Waals surface area contributed by atoms with Crippen molar-refractivity contribution in [2.24, 2.45) is 11.8 Å². The summed E-state index contributed by atoms with van der Waals surface area (Å²) in [6, 6.07) is 3.32. The highest BCUT2D eigenvalue weighted by atomic mass is 32.2. The molecule has 0 bridgehead atoms. The van der Waals surface area contributed by atoms with Crippen LogP contribution in [-0.2, 0) is 21.2 Å². The summed E-state index contributed by atoms with van der Waals surface area (Å²) in [4.78, 5) is 13.0. The third kappa shape index (κ3) is 4.26. The summed E-state index contributed by atoms with van der Waals surface area (Å²) in [5.74, 6) is 1.84. The Bertz CT molecular complexity index is 940. The van der Waals surface area contributed by atoms with E-state index in [-0.39, 0.29) is 29.0 Å². The van der Waals surface area contributed by atoms with Crippen molar-refractivity contribution in [3.8, 4) is 0 Å². The number of aryl methyl sites for hydroxylation is 2. The van der Waals surface area contributed by atoms with E-state index in [0.29, 0.717) is 25.0 Å². The summed E-state index contributed by atoms with van der Waals surface area (Å²) in [5, 5.41) is -0.257. The molecule has 3 fully saturated rings. The predicted molar refractivity (Wildman–Crippen MR) is 116 cm³/mol. The number of sulfonamides is 1. The first-order valence-electron chi connectivity index (χ1n) is 11.8. The Morgan fingerprint density at radius 1 is 1.00 bits per heavy atom. The average Bonchev–Trinajstić information content (AvgIpc) is 3.62. The van der Waals surface area contributed by atoms with E-state index in [1.165, 1.54) is 25.7 Å². The van der Waals surface area contributed by atoms with Crippen LogP contribution in [0, 0.1) is 18.8 Å². The van der Waals surface area contributed by atoms with Crippen LogP contribution < -0.4 is 10.3 Å². The van der Waals surface area contributed by atoms with Crippen molar-refractivity contribution in [2.45, 2.75) is 94.6 Å². The molecule has 4 aliphatic rings. The molecule has 2 heterocycles. The van der Waals surface area contributed by atoms with E-state index in [1.54, 1.807) is 0 Å². The van der Waals surface area contributed by atoms with Gasteiger partial charge in [-0.15, -0.1) is 0 Å². The molecule has 2 atom stereocenters. The lowest BCUT2D eigenvalue weighted by Gasteiger charge is -2.37. The second-order valence-corrected chi connectivity index (χ2v) is 12.0. The first-order valence-corrected chi connectivity index (χ1v) is 13.3. The van der Waals surface area contributed by atoms with Gasteiger partial charge in [-0.1, -0.05) is 6.07 Å². The molecule has 1 aromatic rings. The summed E-state index contributed by atoms with van der Waals surface area (Å²) < 4.78 is 36.4. The fourth-order valence-electron chi connectivity index (χ4n) is 5.48. The topological polar surface area (TPSA) is 77.4 Å². The molecule has 0 unspecified atom stereocenters. The number of ether oxygens (including phenoxy) is 1. The zero-order valence-electron chi connectivity index (χ0n) is 17.9. The molecule has 6 nitrogen and oxygen atoms in total. The summed E-state index contributed by atoms with van der Waals surface area (Å²) in [7, 11) is -3.32. The maximum Gasteiger partial charge on any atom is 0.254 e. The van der Waals surface area contributed by atoms with Crippen molar-refractivity contribution < 1.29 is 13.2 Å². The van der Waals surface area contributed by atoms with E-state index in [9.17, 15) is 13.2 Å². The van der Waals surface area contributed by atoms with Crippen LogP contribution in [0.3, 0.4) is 0 Å². The van der Waals surface area contributed by atoms with Crippen molar-refractivity contribution in [3.63, 3.8) is 0 Å².